The Hall–Kier alpha value is -8.22. The summed E-state index contributed by atoms with van der Waals surface area (Å²) in [6.07, 6.45) is 3.93. The fourth-order valence-electron chi connectivity index (χ4n) is 10.1. The van der Waals surface area contributed by atoms with Crippen molar-refractivity contribution in [1.29, 1.82) is 0 Å². The van der Waals surface area contributed by atoms with E-state index in [2.05, 4.69) is 170 Å². The molecule has 0 N–H and O–H groups in total. The van der Waals surface area contributed by atoms with Crippen LogP contribution in [0.5, 0.6) is 0 Å². The Kier molecular flexibility index (Phi) is 7.13. The minimum atomic E-state index is -0.455. The summed E-state index contributed by atoms with van der Waals surface area (Å²) in [6, 6.07) is 69.4. The maximum atomic E-state index is 5.22. The number of nitrogens with zero attached hydrogens (tertiary/aromatic N) is 6. The highest BCUT2D eigenvalue weighted by atomic mass is 15.3. The largest absolute Gasteiger partial charge is 0.220 e. The molecule has 1 spiro atoms. The third-order valence-corrected chi connectivity index (χ3v) is 12.7. The monoisotopic (exact) mass is 778 g/mol. The van der Waals surface area contributed by atoms with Gasteiger partial charge in [-0.1, -0.05) is 146 Å². The molecule has 4 aromatic heterocycles. The summed E-state index contributed by atoms with van der Waals surface area (Å²) < 4.78 is 3.76. The van der Waals surface area contributed by atoms with E-state index in [9.17, 15) is 0 Å². The topological polar surface area (TPSA) is 60.4 Å². The Morgan fingerprint density at radius 2 is 0.705 bits per heavy atom. The molecule has 0 unspecified atom stereocenters. The molecule has 0 atom stereocenters. The lowest BCUT2D eigenvalue weighted by atomic mass is 9.70. The predicted octanol–water partition coefficient (Wildman–Crippen LogP) is 12.5. The van der Waals surface area contributed by atoms with Gasteiger partial charge in [0.2, 0.25) is 0 Å². The highest BCUT2D eigenvalue weighted by molar-refractivity contribution is 5.96. The minimum absolute atomic E-state index is 0.455. The van der Waals surface area contributed by atoms with Gasteiger partial charge in [0, 0.05) is 34.6 Å². The Labute approximate surface area is 351 Å². The molecule has 0 radical (unpaired) electrons. The van der Waals surface area contributed by atoms with Gasteiger partial charge in [0.25, 0.3) is 0 Å². The van der Waals surface area contributed by atoms with E-state index in [1.54, 1.807) is 0 Å². The molecule has 61 heavy (non-hydrogen) atoms. The van der Waals surface area contributed by atoms with Crippen LogP contribution in [-0.2, 0) is 5.41 Å². The van der Waals surface area contributed by atoms with Gasteiger partial charge in [-0.05, 0) is 115 Å². The van der Waals surface area contributed by atoms with Crippen molar-refractivity contribution in [3.05, 3.63) is 229 Å². The van der Waals surface area contributed by atoms with Crippen molar-refractivity contribution in [2.24, 2.45) is 0 Å². The smallest absolute Gasteiger partial charge is 0.182 e. The van der Waals surface area contributed by atoms with Crippen molar-refractivity contribution in [2.75, 3.05) is 0 Å². The van der Waals surface area contributed by atoms with Gasteiger partial charge in [-0.25, -0.2) is 19.0 Å². The van der Waals surface area contributed by atoms with E-state index < -0.39 is 5.41 Å². The molecule has 0 saturated carbocycles. The van der Waals surface area contributed by atoms with Crippen LogP contribution in [0.25, 0.3) is 89.7 Å². The molecule has 284 valence electrons. The van der Waals surface area contributed by atoms with Crippen molar-refractivity contribution in [1.82, 2.24) is 29.2 Å². The van der Waals surface area contributed by atoms with E-state index in [1.807, 2.05) is 45.7 Å². The Balaban J connectivity index is 1.04. The van der Waals surface area contributed by atoms with Crippen molar-refractivity contribution < 1.29 is 0 Å². The molecule has 0 bridgehead atoms. The van der Waals surface area contributed by atoms with Crippen molar-refractivity contribution in [3.8, 4) is 78.4 Å². The lowest BCUT2D eigenvalue weighted by Crippen LogP contribution is -2.25. The first-order valence-electron chi connectivity index (χ1n) is 20.6. The van der Waals surface area contributed by atoms with E-state index in [4.69, 9.17) is 20.2 Å². The van der Waals surface area contributed by atoms with Crippen LogP contribution < -0.4 is 0 Å². The Bertz CT molecular complexity index is 3350. The van der Waals surface area contributed by atoms with Crippen molar-refractivity contribution in [2.45, 2.75) is 5.41 Å². The zero-order valence-corrected chi connectivity index (χ0v) is 32.8. The first-order chi connectivity index (χ1) is 30.2. The van der Waals surface area contributed by atoms with Gasteiger partial charge in [-0.15, -0.1) is 10.2 Å². The molecule has 13 rings (SSSR count). The fourth-order valence-corrected chi connectivity index (χ4v) is 10.1. The lowest BCUT2D eigenvalue weighted by molar-refractivity contribution is 0.794. The van der Waals surface area contributed by atoms with Gasteiger partial charge in [0.1, 0.15) is 0 Å². The average molecular weight is 779 g/mol. The molecule has 0 saturated heterocycles. The Morgan fingerprint density at radius 1 is 0.295 bits per heavy atom. The number of rotatable bonds is 5. The van der Waals surface area contributed by atoms with Crippen LogP contribution in [-0.4, -0.2) is 29.2 Å². The van der Waals surface area contributed by atoms with Crippen LogP contribution >= 0.6 is 0 Å². The zero-order valence-electron chi connectivity index (χ0n) is 32.8. The second-order valence-corrected chi connectivity index (χ2v) is 15.9. The first kappa shape index (κ1) is 33.7. The molecule has 0 fully saturated rings. The van der Waals surface area contributed by atoms with Gasteiger partial charge in [-0.3, -0.25) is 0 Å². The summed E-state index contributed by atoms with van der Waals surface area (Å²) in [7, 11) is 0. The van der Waals surface area contributed by atoms with Gasteiger partial charge in [0.15, 0.2) is 22.9 Å². The summed E-state index contributed by atoms with van der Waals surface area (Å²) in [6.45, 7) is 0. The minimum Gasteiger partial charge on any atom is -0.220 e. The molecule has 7 aromatic carbocycles. The molecule has 6 nitrogen and oxygen atoms in total. The summed E-state index contributed by atoms with van der Waals surface area (Å²) in [5.41, 5.74) is 19.6. The maximum Gasteiger partial charge on any atom is 0.182 e. The number of hydrogen-bond acceptors (Lipinski definition) is 4. The van der Waals surface area contributed by atoms with Crippen LogP contribution in [0.3, 0.4) is 0 Å². The fraction of sp³-hybridized carbons (Fsp3) is 0.0182. The number of aromatic nitrogens is 6. The second-order valence-electron chi connectivity index (χ2n) is 15.9. The van der Waals surface area contributed by atoms with Gasteiger partial charge in [0.05, 0.1) is 5.41 Å². The predicted molar refractivity (Wildman–Crippen MR) is 243 cm³/mol. The van der Waals surface area contributed by atoms with E-state index >= 15 is 0 Å². The number of pyridine rings is 2. The molecule has 4 heterocycles. The van der Waals surface area contributed by atoms with Crippen molar-refractivity contribution >= 4 is 11.3 Å². The average Bonchev–Trinajstić information content (AvgIpc) is 4.11. The molecular weight excluding hydrogens is 745 g/mol. The summed E-state index contributed by atoms with van der Waals surface area (Å²) in [4.78, 5) is 10.4. The number of hydrogen-bond donors (Lipinski definition) is 0. The SMILES string of the molecule is c1ccc(-c2cccn3nc(-c4cc(-c5ccc6c(c5)C5(c7ccccc7-c7ccccc75)c5ccccc5-6)cc(-c5nc6c(-c7ccccc7)cccn6n5)c4)nc23)cc1. The van der Waals surface area contributed by atoms with E-state index in [0.29, 0.717) is 11.6 Å². The third kappa shape index (κ3) is 4.90. The van der Waals surface area contributed by atoms with Gasteiger partial charge < -0.3 is 0 Å². The van der Waals surface area contributed by atoms with Crippen LogP contribution in [0.1, 0.15) is 22.3 Å². The normalized spacial score (nSPS) is 13.0. The molecule has 0 aliphatic heterocycles. The molecule has 0 amide bonds. The van der Waals surface area contributed by atoms with Crippen LogP contribution in [0.4, 0.5) is 0 Å². The first-order valence-corrected chi connectivity index (χ1v) is 20.6. The maximum absolute atomic E-state index is 5.22. The van der Waals surface area contributed by atoms with E-state index in [-0.39, 0.29) is 0 Å². The standard InChI is InChI=1S/C55H34N6/c1-3-15-35(16-4-1)41-22-13-29-60-53(41)56-51(58-60)39-31-38(32-40(33-39)52-57-54-42(23-14-30-61(54)59-52)36-17-5-2-6-18-36)37-27-28-46-45-21-9-12-26-49(45)55(50(46)34-37)47-24-10-7-19-43(47)44-20-8-11-25-48(44)55/h1-34H. The molecular formula is C55H34N6. The van der Waals surface area contributed by atoms with Gasteiger partial charge in [-0.2, -0.15) is 0 Å². The summed E-state index contributed by atoms with van der Waals surface area (Å²) in [5, 5.41) is 10.2. The van der Waals surface area contributed by atoms with Crippen LogP contribution in [0.15, 0.2) is 207 Å². The highest BCUT2D eigenvalue weighted by Crippen LogP contribution is 2.63. The Morgan fingerprint density at radius 3 is 1.20 bits per heavy atom. The van der Waals surface area contributed by atoms with Crippen molar-refractivity contribution in [3.63, 3.8) is 0 Å². The summed E-state index contributed by atoms with van der Waals surface area (Å²) in [5.74, 6) is 1.26. The highest BCUT2D eigenvalue weighted by Gasteiger charge is 2.51. The lowest BCUT2D eigenvalue weighted by Gasteiger charge is -2.30. The number of benzene rings is 7. The van der Waals surface area contributed by atoms with Crippen LogP contribution in [0, 0.1) is 0 Å². The van der Waals surface area contributed by atoms with Crippen LogP contribution in [0.2, 0.25) is 0 Å². The zero-order chi connectivity index (χ0) is 40.1. The van der Waals surface area contributed by atoms with E-state index in [1.165, 1.54) is 44.5 Å². The molecule has 2 aliphatic rings. The third-order valence-electron chi connectivity index (χ3n) is 12.7. The molecule has 2 aliphatic carbocycles. The molecule has 11 aromatic rings. The van der Waals surface area contributed by atoms with Gasteiger partial charge >= 0.3 is 0 Å². The summed E-state index contributed by atoms with van der Waals surface area (Å²) >= 11 is 0. The van der Waals surface area contributed by atoms with E-state index in [0.717, 1.165) is 55.8 Å². The number of fused-ring (bicyclic) bond motifs is 12. The quantitative estimate of drug-likeness (QED) is 0.175. The second kappa shape index (κ2) is 12.9. The molecule has 6 heteroatoms.